The van der Waals surface area contributed by atoms with Crippen molar-refractivity contribution >= 4 is 12.2 Å². The molecule has 1 unspecified atom stereocenters. The Morgan fingerprint density at radius 1 is 1.50 bits per heavy atom. The van der Waals surface area contributed by atoms with Gasteiger partial charge in [-0.2, -0.15) is 0 Å². The largest absolute Gasteiger partial charge is 0.378 e. The van der Waals surface area contributed by atoms with Crippen molar-refractivity contribution in [3.05, 3.63) is 0 Å². The van der Waals surface area contributed by atoms with Crippen molar-refractivity contribution in [3.63, 3.8) is 0 Å². The van der Waals surface area contributed by atoms with E-state index in [1.165, 1.54) is 6.42 Å². The molecular weight excluding hydrogens is 182 g/mol. The summed E-state index contributed by atoms with van der Waals surface area (Å²) in [5.41, 5.74) is 0. The Morgan fingerprint density at radius 2 is 2.36 bits per heavy atom. The lowest BCUT2D eigenvalue weighted by Gasteiger charge is -2.21. The molecule has 1 N–H and O–H groups in total. The summed E-state index contributed by atoms with van der Waals surface area (Å²) in [4.78, 5) is 21.1. The maximum atomic E-state index is 11.2. The molecule has 1 rings (SSSR count). The zero-order valence-electron chi connectivity index (χ0n) is 8.33. The molecule has 1 heterocycles. The molecular formula is C10H17NO3. The molecule has 0 spiro atoms. The molecule has 1 amide bonds. The normalized spacial score (nSPS) is 21.6. The van der Waals surface area contributed by atoms with Gasteiger partial charge in [-0.15, -0.1) is 0 Å². The predicted molar refractivity (Wildman–Crippen MR) is 51.9 cm³/mol. The molecule has 0 aromatic rings. The Kier molecular flexibility index (Phi) is 5.22. The van der Waals surface area contributed by atoms with Gasteiger partial charge in [0.05, 0.1) is 12.6 Å². The van der Waals surface area contributed by atoms with Gasteiger partial charge in [-0.1, -0.05) is 0 Å². The van der Waals surface area contributed by atoms with E-state index in [9.17, 15) is 9.59 Å². The number of Topliss-reactive ketones (excluding diaryl/α,β-unsaturated/α-hetero) is 1. The van der Waals surface area contributed by atoms with E-state index in [1.54, 1.807) is 0 Å². The van der Waals surface area contributed by atoms with Crippen LogP contribution in [0.2, 0.25) is 0 Å². The van der Waals surface area contributed by atoms with Crippen molar-refractivity contribution in [1.82, 2.24) is 5.32 Å². The molecule has 0 aromatic carbocycles. The first-order chi connectivity index (χ1) is 6.83. The zero-order chi connectivity index (χ0) is 10.2. The highest BCUT2D eigenvalue weighted by Crippen LogP contribution is 2.16. The lowest BCUT2D eigenvalue weighted by Crippen LogP contribution is -2.24. The second kappa shape index (κ2) is 6.54. The van der Waals surface area contributed by atoms with Crippen LogP contribution >= 0.6 is 0 Å². The standard InChI is InChI=1S/C10H17NO3/c12-8-11-7-9(13)4-5-10-3-1-2-6-14-10/h8,10H,1-7H2,(H,11,12). The molecule has 0 aromatic heterocycles. The molecule has 14 heavy (non-hydrogen) atoms. The lowest BCUT2D eigenvalue weighted by molar-refractivity contribution is -0.121. The van der Waals surface area contributed by atoms with Crippen LogP contribution in [0.15, 0.2) is 0 Å². The van der Waals surface area contributed by atoms with Crippen molar-refractivity contribution in [2.24, 2.45) is 0 Å². The summed E-state index contributed by atoms with van der Waals surface area (Å²) >= 11 is 0. The number of rotatable bonds is 6. The lowest BCUT2D eigenvalue weighted by atomic mass is 10.0. The van der Waals surface area contributed by atoms with E-state index in [2.05, 4.69) is 5.32 Å². The fourth-order valence-electron chi connectivity index (χ4n) is 1.60. The van der Waals surface area contributed by atoms with Gasteiger partial charge in [0.25, 0.3) is 0 Å². The molecule has 1 atom stereocenters. The number of carbonyl (C=O) groups excluding carboxylic acids is 2. The second-order valence-corrected chi connectivity index (χ2v) is 3.56. The zero-order valence-corrected chi connectivity index (χ0v) is 8.33. The average Bonchev–Trinajstić information content (AvgIpc) is 2.25. The van der Waals surface area contributed by atoms with Gasteiger partial charge >= 0.3 is 0 Å². The van der Waals surface area contributed by atoms with Crippen LogP contribution in [0.3, 0.4) is 0 Å². The summed E-state index contributed by atoms with van der Waals surface area (Å²) < 4.78 is 5.49. The van der Waals surface area contributed by atoms with Crippen molar-refractivity contribution in [2.45, 2.75) is 38.2 Å². The number of ketones is 1. The summed E-state index contributed by atoms with van der Waals surface area (Å²) in [6.07, 6.45) is 5.50. The smallest absolute Gasteiger partial charge is 0.207 e. The molecule has 1 fully saturated rings. The Balaban J connectivity index is 2.06. The van der Waals surface area contributed by atoms with Gasteiger partial charge in [0.15, 0.2) is 5.78 Å². The van der Waals surface area contributed by atoms with E-state index in [-0.39, 0.29) is 18.4 Å². The minimum Gasteiger partial charge on any atom is -0.378 e. The van der Waals surface area contributed by atoms with E-state index < -0.39 is 0 Å². The number of ether oxygens (including phenoxy) is 1. The van der Waals surface area contributed by atoms with Crippen molar-refractivity contribution in [3.8, 4) is 0 Å². The van der Waals surface area contributed by atoms with Crippen molar-refractivity contribution in [2.75, 3.05) is 13.2 Å². The summed E-state index contributed by atoms with van der Waals surface area (Å²) in [6, 6.07) is 0. The number of hydrogen-bond acceptors (Lipinski definition) is 3. The van der Waals surface area contributed by atoms with Crippen LogP contribution in [0, 0.1) is 0 Å². The Bertz CT molecular complexity index is 188. The van der Waals surface area contributed by atoms with Gasteiger partial charge in [-0.05, 0) is 25.7 Å². The van der Waals surface area contributed by atoms with Gasteiger partial charge < -0.3 is 10.1 Å². The number of nitrogens with one attached hydrogen (secondary N) is 1. The minimum atomic E-state index is 0.0753. The third-order valence-corrected chi connectivity index (χ3v) is 2.40. The molecule has 0 radical (unpaired) electrons. The molecule has 1 aliphatic heterocycles. The topological polar surface area (TPSA) is 55.4 Å². The fraction of sp³-hybridized carbons (Fsp3) is 0.800. The van der Waals surface area contributed by atoms with E-state index in [0.717, 1.165) is 25.9 Å². The van der Waals surface area contributed by atoms with Crippen LogP contribution in [-0.2, 0) is 14.3 Å². The predicted octanol–water partition coefficient (Wildman–Crippen LogP) is 0.651. The van der Waals surface area contributed by atoms with Crippen LogP contribution < -0.4 is 5.32 Å². The van der Waals surface area contributed by atoms with Crippen LogP contribution in [0.5, 0.6) is 0 Å². The van der Waals surface area contributed by atoms with E-state index in [1.807, 2.05) is 0 Å². The SMILES string of the molecule is O=CNCC(=O)CCC1CCCCO1. The maximum Gasteiger partial charge on any atom is 0.207 e. The maximum absolute atomic E-state index is 11.2. The summed E-state index contributed by atoms with van der Waals surface area (Å²) in [7, 11) is 0. The summed E-state index contributed by atoms with van der Waals surface area (Å²) in [5.74, 6) is 0.0753. The average molecular weight is 199 g/mol. The van der Waals surface area contributed by atoms with Crippen LogP contribution in [0.25, 0.3) is 0 Å². The third kappa shape index (κ3) is 4.37. The minimum absolute atomic E-state index is 0.0753. The Hall–Kier alpha value is -0.900. The Morgan fingerprint density at radius 3 is 3.00 bits per heavy atom. The molecule has 80 valence electrons. The fourth-order valence-corrected chi connectivity index (χ4v) is 1.60. The highest BCUT2D eigenvalue weighted by molar-refractivity contribution is 5.81. The number of amides is 1. The van der Waals surface area contributed by atoms with Gasteiger partial charge in [0.1, 0.15) is 0 Å². The molecule has 0 aliphatic carbocycles. The van der Waals surface area contributed by atoms with E-state index in [4.69, 9.17) is 4.74 Å². The molecule has 0 saturated carbocycles. The van der Waals surface area contributed by atoms with Crippen LogP contribution in [0.4, 0.5) is 0 Å². The summed E-state index contributed by atoms with van der Waals surface area (Å²) in [6.45, 7) is 0.974. The monoisotopic (exact) mass is 199 g/mol. The molecule has 4 nitrogen and oxygen atoms in total. The van der Waals surface area contributed by atoms with E-state index in [0.29, 0.717) is 12.8 Å². The molecule has 1 saturated heterocycles. The quantitative estimate of drug-likeness (QED) is 0.639. The first kappa shape index (κ1) is 11.2. The molecule has 1 aliphatic rings. The highest BCUT2D eigenvalue weighted by Gasteiger charge is 2.14. The highest BCUT2D eigenvalue weighted by atomic mass is 16.5. The van der Waals surface area contributed by atoms with Gasteiger partial charge in [0.2, 0.25) is 6.41 Å². The first-order valence-electron chi connectivity index (χ1n) is 5.13. The number of carbonyl (C=O) groups is 2. The van der Waals surface area contributed by atoms with Crippen LogP contribution in [-0.4, -0.2) is 31.4 Å². The Labute approximate surface area is 84.0 Å². The molecule has 0 bridgehead atoms. The van der Waals surface area contributed by atoms with Gasteiger partial charge in [0, 0.05) is 13.0 Å². The van der Waals surface area contributed by atoms with Gasteiger partial charge in [-0.25, -0.2) is 0 Å². The van der Waals surface area contributed by atoms with Gasteiger partial charge in [-0.3, -0.25) is 9.59 Å². The number of hydrogen-bond donors (Lipinski definition) is 1. The first-order valence-corrected chi connectivity index (χ1v) is 5.13. The summed E-state index contributed by atoms with van der Waals surface area (Å²) in [5, 5.41) is 2.36. The van der Waals surface area contributed by atoms with Crippen molar-refractivity contribution < 1.29 is 14.3 Å². The third-order valence-electron chi connectivity index (χ3n) is 2.40. The molecule has 4 heteroatoms. The van der Waals surface area contributed by atoms with Crippen LogP contribution in [0.1, 0.15) is 32.1 Å². The second-order valence-electron chi connectivity index (χ2n) is 3.56. The van der Waals surface area contributed by atoms with E-state index >= 15 is 0 Å². The van der Waals surface area contributed by atoms with Crippen molar-refractivity contribution in [1.29, 1.82) is 0 Å².